The van der Waals surface area contributed by atoms with Crippen LogP contribution in [-0.4, -0.2) is 16.2 Å². The Balaban J connectivity index is 1.16. The minimum atomic E-state index is -0.213. The molecule has 0 N–H and O–H groups in total. The van der Waals surface area contributed by atoms with Gasteiger partial charge < -0.3 is 23.2 Å². The first-order valence-corrected chi connectivity index (χ1v) is 19.1. The topological polar surface area (TPSA) is 50.6 Å². The minimum Gasteiger partial charge on any atom is -0.456 e. The number of hydrogen-bond donors (Lipinski definition) is 0. The molecule has 6 heteroatoms. The van der Waals surface area contributed by atoms with Crippen LogP contribution in [0.3, 0.4) is 0 Å². The second kappa shape index (κ2) is 10.1. The molecule has 0 radical (unpaired) electrons. The van der Waals surface area contributed by atoms with Crippen molar-refractivity contribution >= 4 is 55.3 Å². The quantitative estimate of drug-likeness (QED) is 0.179. The van der Waals surface area contributed by atoms with E-state index in [2.05, 4.69) is 173 Å². The summed E-state index contributed by atoms with van der Waals surface area (Å²) in [5, 5.41) is 4.39. The zero-order chi connectivity index (χ0) is 37.1. The van der Waals surface area contributed by atoms with Gasteiger partial charge in [0.2, 0.25) is 0 Å². The van der Waals surface area contributed by atoms with Crippen LogP contribution in [0.5, 0.6) is 0 Å². The van der Waals surface area contributed by atoms with Crippen molar-refractivity contribution in [2.45, 2.75) is 71.6 Å². The van der Waals surface area contributed by atoms with E-state index in [0.717, 1.165) is 67.5 Å². The molecule has 268 valence electrons. The Morgan fingerprint density at radius 1 is 0.574 bits per heavy atom. The summed E-state index contributed by atoms with van der Waals surface area (Å²) < 4.78 is 15.9. The van der Waals surface area contributed by atoms with E-state index in [1.54, 1.807) is 0 Å². The summed E-state index contributed by atoms with van der Waals surface area (Å²) in [5.41, 5.74) is 13.7. The van der Waals surface area contributed by atoms with E-state index in [-0.39, 0.29) is 21.7 Å². The lowest BCUT2D eigenvalue weighted by molar-refractivity contribution is 0.235. The molecule has 0 spiro atoms. The molecule has 8 aromatic rings. The summed E-state index contributed by atoms with van der Waals surface area (Å²) >= 11 is 0. The van der Waals surface area contributed by atoms with Gasteiger partial charge in [-0.15, -0.1) is 0 Å². The van der Waals surface area contributed by atoms with Crippen LogP contribution in [0.4, 0.5) is 11.4 Å². The standard InChI is InChI=1S/C48H44N4O2/c1-45(2)33-24-39-31(22-35(33)52-27-50(25-40(52)47(45,5)6)29-17-13-10-14-18-29)42-37(54-39)20-19-36-41(42)30-21-34-32(23-38(30)53-36)46(3,4)48(7,8)44-43(49-26-51(34)44)28-15-11-9-12-16-28/h9-26H,27H2,1-8H3. The Bertz CT molecular complexity index is 2920. The van der Waals surface area contributed by atoms with E-state index in [9.17, 15) is 0 Å². The Labute approximate surface area is 315 Å². The smallest absolute Gasteiger partial charge is 0.136 e. The number of benzene rings is 5. The maximum absolute atomic E-state index is 6.79. The van der Waals surface area contributed by atoms with Gasteiger partial charge >= 0.3 is 0 Å². The number of anilines is 2. The van der Waals surface area contributed by atoms with E-state index < -0.39 is 0 Å². The van der Waals surface area contributed by atoms with Crippen molar-refractivity contribution in [2.75, 3.05) is 16.5 Å². The molecular formula is C48H44N4O2. The zero-order valence-corrected chi connectivity index (χ0v) is 32.2. The van der Waals surface area contributed by atoms with Crippen molar-refractivity contribution in [1.29, 1.82) is 0 Å². The van der Waals surface area contributed by atoms with Gasteiger partial charge in [-0.1, -0.05) is 104 Å². The first-order valence-electron chi connectivity index (χ1n) is 19.1. The van der Waals surface area contributed by atoms with Crippen molar-refractivity contribution < 1.29 is 8.83 Å². The van der Waals surface area contributed by atoms with Gasteiger partial charge in [-0.2, -0.15) is 0 Å². The zero-order valence-electron chi connectivity index (χ0n) is 32.2. The highest BCUT2D eigenvalue weighted by Gasteiger charge is 2.52. The summed E-state index contributed by atoms with van der Waals surface area (Å²) in [6.45, 7) is 19.7. The van der Waals surface area contributed by atoms with Gasteiger partial charge in [-0.05, 0) is 59.7 Å². The first-order chi connectivity index (χ1) is 25.8. The fourth-order valence-corrected chi connectivity index (χ4v) is 9.82. The van der Waals surface area contributed by atoms with Crippen molar-refractivity contribution in [2.24, 2.45) is 5.41 Å². The molecule has 11 rings (SSSR count). The third-order valence-corrected chi connectivity index (χ3v) is 14.3. The number of fused-ring (bicyclic) bond motifs is 13. The van der Waals surface area contributed by atoms with Gasteiger partial charge in [0.25, 0.3) is 0 Å². The molecule has 6 heterocycles. The maximum atomic E-state index is 6.79. The molecule has 5 aromatic carbocycles. The maximum Gasteiger partial charge on any atom is 0.136 e. The number of allylic oxidation sites excluding steroid dienone is 1. The molecule has 0 unspecified atom stereocenters. The number of furan rings is 2. The van der Waals surface area contributed by atoms with Crippen LogP contribution in [0.25, 0.3) is 60.8 Å². The second-order valence-corrected chi connectivity index (χ2v) is 17.8. The van der Waals surface area contributed by atoms with Gasteiger partial charge in [-0.3, -0.25) is 0 Å². The average molecular weight is 709 g/mol. The number of imidazole rings is 1. The molecule has 54 heavy (non-hydrogen) atoms. The Kier molecular flexibility index (Phi) is 5.91. The van der Waals surface area contributed by atoms with Crippen LogP contribution in [0.2, 0.25) is 0 Å². The number of para-hydroxylation sites is 1. The van der Waals surface area contributed by atoms with Crippen molar-refractivity contribution in [3.05, 3.63) is 132 Å². The second-order valence-electron chi connectivity index (χ2n) is 17.8. The number of nitrogens with zero attached hydrogens (tertiary/aromatic N) is 4. The normalized spacial score (nSPS) is 18.9. The van der Waals surface area contributed by atoms with Crippen molar-refractivity contribution in [3.8, 4) is 16.9 Å². The molecule has 0 atom stereocenters. The predicted octanol–water partition coefficient (Wildman–Crippen LogP) is 12.3. The lowest BCUT2D eigenvalue weighted by atomic mass is 9.59. The van der Waals surface area contributed by atoms with E-state index in [1.807, 2.05) is 6.33 Å². The highest BCUT2D eigenvalue weighted by molar-refractivity contribution is 6.26. The Morgan fingerprint density at radius 3 is 1.76 bits per heavy atom. The Hall–Kier alpha value is -5.75. The van der Waals surface area contributed by atoms with E-state index >= 15 is 0 Å². The largest absolute Gasteiger partial charge is 0.456 e. The summed E-state index contributed by atoms with van der Waals surface area (Å²) in [6, 6.07) is 34.8. The van der Waals surface area contributed by atoms with Gasteiger partial charge in [0.15, 0.2) is 0 Å². The summed E-state index contributed by atoms with van der Waals surface area (Å²) in [6.07, 6.45) is 4.37. The highest BCUT2D eigenvalue weighted by atomic mass is 16.3. The number of aromatic nitrogens is 2. The molecule has 3 aliphatic heterocycles. The number of hydrogen-bond acceptors (Lipinski definition) is 5. The van der Waals surface area contributed by atoms with E-state index in [4.69, 9.17) is 13.8 Å². The molecule has 3 aliphatic rings. The SMILES string of the molecule is CC1(C)C2=CN(c3ccccc3)CN2c2cc3c(cc2C1(C)C)oc1ccc2oc4cc5c(cc4c2c13)-n1cnc(-c2ccccc2)c1C(C)(C)C5(C)C. The Morgan fingerprint density at radius 2 is 1.13 bits per heavy atom. The molecule has 3 aromatic heterocycles. The van der Waals surface area contributed by atoms with Crippen LogP contribution in [-0.2, 0) is 16.2 Å². The van der Waals surface area contributed by atoms with Crippen LogP contribution < -0.4 is 9.80 Å². The third-order valence-electron chi connectivity index (χ3n) is 14.3. The fraction of sp³-hybridized carbons (Fsp3) is 0.271. The predicted molar refractivity (Wildman–Crippen MR) is 221 cm³/mol. The fourth-order valence-electron chi connectivity index (χ4n) is 9.82. The van der Waals surface area contributed by atoms with Crippen LogP contribution in [0, 0.1) is 5.41 Å². The van der Waals surface area contributed by atoms with Gasteiger partial charge in [0, 0.05) is 72.0 Å². The first kappa shape index (κ1) is 31.7. The summed E-state index contributed by atoms with van der Waals surface area (Å²) in [5.74, 6) is 0. The van der Waals surface area contributed by atoms with Gasteiger partial charge in [0.05, 0.1) is 23.7 Å². The molecule has 0 bridgehead atoms. The monoisotopic (exact) mass is 708 g/mol. The highest BCUT2D eigenvalue weighted by Crippen LogP contribution is 2.59. The van der Waals surface area contributed by atoms with Crippen LogP contribution in [0.1, 0.15) is 72.2 Å². The molecule has 0 saturated carbocycles. The molecular weight excluding hydrogens is 665 g/mol. The lowest BCUT2D eigenvalue weighted by Crippen LogP contribution is -2.48. The van der Waals surface area contributed by atoms with Crippen molar-refractivity contribution in [3.63, 3.8) is 0 Å². The molecule has 0 aliphatic carbocycles. The third kappa shape index (κ3) is 3.78. The van der Waals surface area contributed by atoms with E-state index in [0.29, 0.717) is 0 Å². The summed E-state index contributed by atoms with van der Waals surface area (Å²) in [4.78, 5) is 9.96. The molecule has 6 nitrogen and oxygen atoms in total. The minimum absolute atomic E-state index is 0.120. The molecule has 0 saturated heterocycles. The van der Waals surface area contributed by atoms with Crippen LogP contribution in [0.15, 0.2) is 124 Å². The van der Waals surface area contributed by atoms with E-state index in [1.165, 1.54) is 33.9 Å². The summed E-state index contributed by atoms with van der Waals surface area (Å²) in [7, 11) is 0. The molecule has 0 amide bonds. The average Bonchev–Trinajstić information content (AvgIpc) is 3.96. The number of rotatable bonds is 2. The van der Waals surface area contributed by atoms with Gasteiger partial charge in [0.1, 0.15) is 28.7 Å². The van der Waals surface area contributed by atoms with Crippen molar-refractivity contribution in [1.82, 2.24) is 9.55 Å². The van der Waals surface area contributed by atoms with Gasteiger partial charge in [-0.25, -0.2) is 4.98 Å². The van der Waals surface area contributed by atoms with Crippen LogP contribution >= 0.6 is 0 Å². The lowest BCUT2D eigenvalue weighted by Gasteiger charge is -2.51. The molecule has 0 fully saturated rings.